The van der Waals surface area contributed by atoms with Crippen LogP contribution in [0.3, 0.4) is 0 Å². The number of hydrogen-bond acceptors (Lipinski definition) is 4. The van der Waals surface area contributed by atoms with Crippen LogP contribution < -0.4 is 5.32 Å². The molecule has 1 fully saturated rings. The molecule has 0 aliphatic carbocycles. The lowest BCUT2D eigenvalue weighted by Crippen LogP contribution is -2.48. The van der Waals surface area contributed by atoms with Gasteiger partial charge in [0.25, 0.3) is 0 Å². The van der Waals surface area contributed by atoms with Gasteiger partial charge >= 0.3 is 6.09 Å². The Labute approximate surface area is 126 Å². The van der Waals surface area contributed by atoms with Gasteiger partial charge in [0.1, 0.15) is 5.69 Å². The fraction of sp³-hybridized carbons (Fsp3) is 0.308. The van der Waals surface area contributed by atoms with Crippen LogP contribution in [0.1, 0.15) is 11.7 Å². The average Bonchev–Trinajstić information content (AvgIpc) is 2.97. The van der Waals surface area contributed by atoms with E-state index in [1.807, 2.05) is 12.1 Å². The first-order valence-corrected chi connectivity index (χ1v) is 6.91. The summed E-state index contributed by atoms with van der Waals surface area (Å²) in [5.74, 6) is 0. The lowest BCUT2D eigenvalue weighted by molar-refractivity contribution is 0.111. The van der Waals surface area contributed by atoms with E-state index in [1.165, 1.54) is 4.90 Å². The quantitative estimate of drug-likeness (QED) is 0.879. The fourth-order valence-electron chi connectivity index (χ4n) is 2.35. The summed E-state index contributed by atoms with van der Waals surface area (Å²) in [5.41, 5.74) is 1.45. The van der Waals surface area contributed by atoms with Crippen LogP contribution >= 0.6 is 11.6 Å². The predicted molar refractivity (Wildman–Crippen MR) is 76.7 cm³/mol. The third-order valence-corrected chi connectivity index (χ3v) is 3.68. The largest absolute Gasteiger partial charge is 0.465 e. The molecular formula is C13H14ClN5O2. The van der Waals surface area contributed by atoms with Gasteiger partial charge in [-0.3, -0.25) is 4.90 Å². The molecule has 1 amide bonds. The lowest BCUT2D eigenvalue weighted by Gasteiger charge is -2.32. The monoisotopic (exact) mass is 307 g/mol. The van der Waals surface area contributed by atoms with Crippen molar-refractivity contribution < 1.29 is 9.90 Å². The molecule has 0 spiro atoms. The molecule has 110 valence electrons. The van der Waals surface area contributed by atoms with Gasteiger partial charge in [0.05, 0.1) is 17.9 Å². The molecule has 21 heavy (non-hydrogen) atoms. The highest BCUT2D eigenvalue weighted by molar-refractivity contribution is 6.30. The molecule has 1 aromatic carbocycles. The van der Waals surface area contributed by atoms with E-state index in [0.29, 0.717) is 30.4 Å². The first-order valence-electron chi connectivity index (χ1n) is 6.53. The van der Waals surface area contributed by atoms with Crippen molar-refractivity contribution in [1.29, 1.82) is 0 Å². The molecule has 1 unspecified atom stereocenters. The van der Waals surface area contributed by atoms with E-state index < -0.39 is 6.09 Å². The van der Waals surface area contributed by atoms with Gasteiger partial charge in [-0.15, -0.1) is 5.10 Å². The molecular weight excluding hydrogens is 294 g/mol. The van der Waals surface area contributed by atoms with Crippen LogP contribution in [0.25, 0.3) is 5.69 Å². The molecule has 0 saturated carbocycles. The molecule has 0 bridgehead atoms. The van der Waals surface area contributed by atoms with Crippen molar-refractivity contribution >= 4 is 17.7 Å². The van der Waals surface area contributed by atoms with Crippen LogP contribution in [0, 0.1) is 0 Å². The van der Waals surface area contributed by atoms with E-state index in [1.54, 1.807) is 23.0 Å². The molecule has 1 saturated heterocycles. The maximum Gasteiger partial charge on any atom is 0.407 e. The van der Waals surface area contributed by atoms with Crippen molar-refractivity contribution in [2.24, 2.45) is 0 Å². The Hall–Kier alpha value is -2.12. The number of carbonyl (C=O) groups is 1. The van der Waals surface area contributed by atoms with Gasteiger partial charge in [0.2, 0.25) is 0 Å². The lowest BCUT2D eigenvalue weighted by atomic mass is 10.1. The number of halogens is 1. The topological polar surface area (TPSA) is 83.3 Å². The highest BCUT2D eigenvalue weighted by atomic mass is 35.5. The first kappa shape index (κ1) is 13.8. The number of amides is 1. The number of benzene rings is 1. The van der Waals surface area contributed by atoms with Gasteiger partial charge in [-0.05, 0) is 24.3 Å². The van der Waals surface area contributed by atoms with Gasteiger partial charge in [-0.2, -0.15) is 0 Å². The molecule has 2 aromatic rings. The van der Waals surface area contributed by atoms with E-state index in [9.17, 15) is 9.90 Å². The number of aromatic nitrogens is 3. The highest BCUT2D eigenvalue weighted by Gasteiger charge is 2.29. The van der Waals surface area contributed by atoms with Crippen molar-refractivity contribution in [3.63, 3.8) is 0 Å². The summed E-state index contributed by atoms with van der Waals surface area (Å²) in [4.78, 5) is 12.7. The van der Waals surface area contributed by atoms with Crippen molar-refractivity contribution in [1.82, 2.24) is 25.2 Å². The summed E-state index contributed by atoms with van der Waals surface area (Å²) in [6.45, 7) is 1.62. The summed E-state index contributed by atoms with van der Waals surface area (Å²) in [5, 5.41) is 21.2. The summed E-state index contributed by atoms with van der Waals surface area (Å²) in [6.07, 6.45) is 0.805. The van der Waals surface area contributed by atoms with Crippen LogP contribution in [0.15, 0.2) is 30.5 Å². The fourth-order valence-corrected chi connectivity index (χ4v) is 2.47. The number of nitrogens with zero attached hydrogens (tertiary/aromatic N) is 4. The molecule has 7 nitrogen and oxygen atoms in total. The van der Waals surface area contributed by atoms with Crippen LogP contribution in [0.4, 0.5) is 4.79 Å². The van der Waals surface area contributed by atoms with Gasteiger partial charge in [0, 0.05) is 24.7 Å². The number of carboxylic acid groups (broad SMARTS) is 1. The Morgan fingerprint density at radius 2 is 2.14 bits per heavy atom. The van der Waals surface area contributed by atoms with Gasteiger partial charge in [-0.1, -0.05) is 16.8 Å². The summed E-state index contributed by atoms with van der Waals surface area (Å²) < 4.78 is 1.61. The van der Waals surface area contributed by atoms with E-state index >= 15 is 0 Å². The smallest absolute Gasteiger partial charge is 0.407 e. The molecule has 2 heterocycles. The van der Waals surface area contributed by atoms with E-state index in [2.05, 4.69) is 15.6 Å². The van der Waals surface area contributed by atoms with Crippen molar-refractivity contribution in [2.45, 2.75) is 6.04 Å². The molecule has 1 aliphatic rings. The third-order valence-electron chi connectivity index (χ3n) is 3.43. The molecule has 1 aromatic heterocycles. The van der Waals surface area contributed by atoms with Crippen molar-refractivity contribution in [3.8, 4) is 5.69 Å². The second-order valence-electron chi connectivity index (χ2n) is 4.76. The SMILES string of the molecule is O=C(O)N1CCNCC1c1cn(-c2ccc(Cl)cc2)nn1. The van der Waals surface area contributed by atoms with Crippen molar-refractivity contribution in [2.75, 3.05) is 19.6 Å². The highest BCUT2D eigenvalue weighted by Crippen LogP contribution is 2.21. The number of rotatable bonds is 2. The maximum absolute atomic E-state index is 11.3. The number of piperazine rings is 1. The van der Waals surface area contributed by atoms with E-state index in [-0.39, 0.29) is 6.04 Å². The molecule has 8 heteroatoms. The van der Waals surface area contributed by atoms with E-state index in [4.69, 9.17) is 11.6 Å². The number of hydrogen-bond donors (Lipinski definition) is 2. The minimum Gasteiger partial charge on any atom is -0.465 e. The zero-order valence-electron chi connectivity index (χ0n) is 11.1. The van der Waals surface area contributed by atoms with Crippen LogP contribution in [0.5, 0.6) is 0 Å². The van der Waals surface area contributed by atoms with Crippen LogP contribution in [-0.4, -0.2) is 50.7 Å². The Balaban J connectivity index is 1.86. The second-order valence-corrected chi connectivity index (χ2v) is 5.20. The number of nitrogens with one attached hydrogen (secondary N) is 1. The standard InChI is InChI=1S/C13H14ClN5O2/c14-9-1-3-10(4-2-9)19-8-11(16-17-19)12-7-15-5-6-18(12)13(20)21/h1-4,8,12,15H,5-7H2,(H,20,21). The molecule has 1 atom stereocenters. The minimum absolute atomic E-state index is 0.322. The second kappa shape index (κ2) is 5.71. The first-order chi connectivity index (χ1) is 10.1. The van der Waals surface area contributed by atoms with Gasteiger partial charge in [0.15, 0.2) is 0 Å². The zero-order chi connectivity index (χ0) is 14.8. The normalized spacial score (nSPS) is 18.7. The Bertz CT molecular complexity index is 642. The molecule has 3 rings (SSSR count). The Morgan fingerprint density at radius 3 is 2.86 bits per heavy atom. The summed E-state index contributed by atoms with van der Waals surface area (Å²) >= 11 is 5.85. The predicted octanol–water partition coefficient (Wildman–Crippen LogP) is 1.54. The molecule has 2 N–H and O–H groups in total. The zero-order valence-corrected chi connectivity index (χ0v) is 11.9. The Kier molecular flexibility index (Phi) is 3.76. The third kappa shape index (κ3) is 2.84. The van der Waals surface area contributed by atoms with Crippen LogP contribution in [0.2, 0.25) is 5.02 Å². The van der Waals surface area contributed by atoms with Gasteiger partial charge < -0.3 is 10.4 Å². The maximum atomic E-state index is 11.3. The Morgan fingerprint density at radius 1 is 1.38 bits per heavy atom. The van der Waals surface area contributed by atoms with Crippen molar-refractivity contribution in [3.05, 3.63) is 41.2 Å². The average molecular weight is 308 g/mol. The van der Waals surface area contributed by atoms with Crippen LogP contribution in [-0.2, 0) is 0 Å². The minimum atomic E-state index is -0.942. The molecule has 0 radical (unpaired) electrons. The van der Waals surface area contributed by atoms with Gasteiger partial charge in [-0.25, -0.2) is 9.48 Å². The molecule has 1 aliphatic heterocycles. The summed E-state index contributed by atoms with van der Waals surface area (Å²) in [7, 11) is 0. The summed E-state index contributed by atoms with van der Waals surface area (Å²) in [6, 6.07) is 6.87. The van der Waals surface area contributed by atoms with E-state index in [0.717, 1.165) is 5.69 Å².